The number of benzene rings is 1. The van der Waals surface area contributed by atoms with Gasteiger partial charge < -0.3 is 20.4 Å². The Morgan fingerprint density at radius 3 is 2.45 bits per heavy atom. The van der Waals surface area contributed by atoms with Crippen molar-refractivity contribution < 1.29 is 15.0 Å². The predicted octanol–water partition coefficient (Wildman–Crippen LogP) is 3.53. The van der Waals surface area contributed by atoms with E-state index in [1.807, 2.05) is 4.90 Å². The summed E-state index contributed by atoms with van der Waals surface area (Å²) >= 11 is 0. The number of urea groups is 1. The second kappa shape index (κ2) is 4.80. The van der Waals surface area contributed by atoms with E-state index in [1.54, 1.807) is 0 Å². The van der Waals surface area contributed by atoms with Crippen LogP contribution in [-0.4, -0.2) is 33.7 Å². The monoisotopic (exact) mass is 304 g/mol. The molecule has 3 rings (SSSR count). The highest BCUT2D eigenvalue weighted by atomic mass is 16.3. The number of phenols is 2. The van der Waals surface area contributed by atoms with Gasteiger partial charge >= 0.3 is 6.03 Å². The molecule has 1 aliphatic carbocycles. The van der Waals surface area contributed by atoms with Crippen molar-refractivity contribution in [1.29, 1.82) is 0 Å². The quantitative estimate of drug-likeness (QED) is 0.743. The highest BCUT2D eigenvalue weighted by Crippen LogP contribution is 2.52. The molecule has 1 aliphatic heterocycles. The highest BCUT2D eigenvalue weighted by molar-refractivity contribution is 5.90. The van der Waals surface area contributed by atoms with Crippen molar-refractivity contribution in [3.63, 3.8) is 0 Å². The van der Waals surface area contributed by atoms with Crippen molar-refractivity contribution >= 4 is 11.7 Å². The van der Waals surface area contributed by atoms with E-state index in [2.05, 4.69) is 26.1 Å². The number of rotatable bonds is 1. The second-order valence-electron chi connectivity index (χ2n) is 8.01. The molecule has 5 nitrogen and oxygen atoms in total. The van der Waals surface area contributed by atoms with Gasteiger partial charge in [0, 0.05) is 36.5 Å². The fraction of sp³-hybridized carbons (Fsp3) is 0.588. The Hall–Kier alpha value is -1.91. The van der Waals surface area contributed by atoms with Gasteiger partial charge in [0.05, 0.1) is 0 Å². The average molecular weight is 304 g/mol. The lowest BCUT2D eigenvalue weighted by molar-refractivity contribution is 0.130. The summed E-state index contributed by atoms with van der Waals surface area (Å²) < 4.78 is 0. The van der Waals surface area contributed by atoms with E-state index in [1.165, 1.54) is 18.2 Å². The van der Waals surface area contributed by atoms with Crippen LogP contribution in [0.1, 0.15) is 40.0 Å². The van der Waals surface area contributed by atoms with Gasteiger partial charge in [0.15, 0.2) is 0 Å². The third-order valence-electron chi connectivity index (χ3n) is 4.83. The lowest BCUT2D eigenvalue weighted by Gasteiger charge is -2.39. The maximum absolute atomic E-state index is 12.6. The van der Waals surface area contributed by atoms with Crippen molar-refractivity contribution in [2.24, 2.45) is 10.8 Å². The third kappa shape index (κ3) is 2.85. The molecule has 0 aromatic heterocycles. The van der Waals surface area contributed by atoms with Gasteiger partial charge in [-0.3, -0.25) is 0 Å². The lowest BCUT2D eigenvalue weighted by Crippen LogP contribution is -2.40. The molecule has 1 heterocycles. The lowest BCUT2D eigenvalue weighted by atomic mass is 9.65. The Bertz CT molecular complexity index is 594. The first-order chi connectivity index (χ1) is 10.2. The number of carbonyl (C=O) groups excluding carboxylic acids is 1. The molecule has 2 aliphatic rings. The fourth-order valence-electron chi connectivity index (χ4n) is 4.56. The largest absolute Gasteiger partial charge is 0.508 e. The zero-order chi connectivity index (χ0) is 16.1. The summed E-state index contributed by atoms with van der Waals surface area (Å²) in [6.45, 7) is 7.56. The van der Waals surface area contributed by atoms with Gasteiger partial charge in [0.25, 0.3) is 0 Å². The first kappa shape index (κ1) is 15.0. The number of aromatic hydroxyl groups is 2. The summed E-state index contributed by atoms with van der Waals surface area (Å²) in [5, 5.41) is 21.8. The van der Waals surface area contributed by atoms with Crippen LogP contribution in [0.15, 0.2) is 18.2 Å². The molecule has 2 amide bonds. The molecule has 22 heavy (non-hydrogen) atoms. The number of amides is 2. The molecule has 120 valence electrons. The SMILES string of the molecule is CC1(C)CC2CC(C)(CN2C(=O)Nc2cc(O)cc(O)c2)C1. The minimum Gasteiger partial charge on any atom is -0.508 e. The first-order valence-electron chi connectivity index (χ1n) is 7.77. The molecule has 3 N–H and O–H groups in total. The van der Waals surface area contributed by atoms with Crippen LogP contribution in [-0.2, 0) is 0 Å². The van der Waals surface area contributed by atoms with Crippen molar-refractivity contribution in [3.8, 4) is 11.5 Å². The maximum atomic E-state index is 12.6. The topological polar surface area (TPSA) is 72.8 Å². The molecule has 2 unspecified atom stereocenters. The van der Waals surface area contributed by atoms with E-state index in [0.29, 0.717) is 5.69 Å². The molecule has 1 aromatic rings. The summed E-state index contributed by atoms with van der Waals surface area (Å²) in [5.74, 6) is -0.132. The average Bonchev–Trinajstić information content (AvgIpc) is 2.57. The normalized spacial score (nSPS) is 29.4. The van der Waals surface area contributed by atoms with E-state index in [-0.39, 0.29) is 34.4 Å². The molecule has 1 saturated heterocycles. The number of nitrogens with zero attached hydrogens (tertiary/aromatic N) is 1. The summed E-state index contributed by atoms with van der Waals surface area (Å²) in [6.07, 6.45) is 3.20. The van der Waals surface area contributed by atoms with Gasteiger partial charge in [-0.15, -0.1) is 0 Å². The summed E-state index contributed by atoms with van der Waals surface area (Å²) in [5.41, 5.74) is 0.856. The van der Waals surface area contributed by atoms with Crippen LogP contribution in [0, 0.1) is 10.8 Å². The molecule has 2 atom stereocenters. The Kier molecular flexibility index (Phi) is 3.27. The van der Waals surface area contributed by atoms with Crippen LogP contribution < -0.4 is 5.32 Å². The predicted molar refractivity (Wildman–Crippen MR) is 85.0 cm³/mol. The van der Waals surface area contributed by atoms with Gasteiger partial charge in [-0.05, 0) is 30.1 Å². The van der Waals surface area contributed by atoms with Crippen LogP contribution in [0.2, 0.25) is 0 Å². The molecule has 1 aromatic carbocycles. The van der Waals surface area contributed by atoms with Crippen LogP contribution in [0.5, 0.6) is 11.5 Å². The van der Waals surface area contributed by atoms with Crippen molar-refractivity contribution in [1.82, 2.24) is 4.90 Å². The minimum absolute atomic E-state index is 0.0661. The van der Waals surface area contributed by atoms with Crippen LogP contribution in [0.4, 0.5) is 10.5 Å². The van der Waals surface area contributed by atoms with Crippen LogP contribution in [0.3, 0.4) is 0 Å². The Morgan fingerprint density at radius 2 is 1.82 bits per heavy atom. The Morgan fingerprint density at radius 1 is 1.18 bits per heavy atom. The number of phenolic OH excluding ortho intramolecular Hbond substituents is 2. The minimum atomic E-state index is -0.156. The van der Waals surface area contributed by atoms with Gasteiger partial charge in [-0.25, -0.2) is 4.79 Å². The van der Waals surface area contributed by atoms with Crippen molar-refractivity contribution in [2.45, 2.75) is 46.1 Å². The Balaban J connectivity index is 1.76. The summed E-state index contributed by atoms with van der Waals surface area (Å²) in [4.78, 5) is 14.5. The third-order valence-corrected chi connectivity index (χ3v) is 4.83. The standard InChI is InChI=1S/C17H24N2O3/c1-16(2)7-12-8-17(3,9-16)10-19(12)15(22)18-11-4-13(20)6-14(21)5-11/h4-6,12,20-21H,7-10H2,1-3H3,(H,18,22). The van der Waals surface area contributed by atoms with Gasteiger partial charge in [-0.1, -0.05) is 20.8 Å². The number of hydrogen-bond donors (Lipinski definition) is 3. The molecule has 0 radical (unpaired) electrons. The Labute approximate surface area is 130 Å². The van der Waals surface area contributed by atoms with Gasteiger partial charge in [-0.2, -0.15) is 0 Å². The molecule has 1 saturated carbocycles. The van der Waals surface area contributed by atoms with Gasteiger partial charge in [0.2, 0.25) is 0 Å². The number of carbonyl (C=O) groups is 1. The molecular formula is C17H24N2O3. The highest BCUT2D eigenvalue weighted by Gasteiger charge is 2.50. The van der Waals surface area contributed by atoms with Crippen LogP contribution in [0.25, 0.3) is 0 Å². The number of hydrogen-bond acceptors (Lipinski definition) is 3. The summed E-state index contributed by atoms with van der Waals surface area (Å²) in [6, 6.07) is 4.22. The summed E-state index contributed by atoms with van der Waals surface area (Å²) in [7, 11) is 0. The molecular weight excluding hydrogens is 280 g/mol. The van der Waals surface area contributed by atoms with E-state index >= 15 is 0 Å². The fourth-order valence-corrected chi connectivity index (χ4v) is 4.56. The number of fused-ring (bicyclic) bond motifs is 2. The van der Waals surface area contributed by atoms with Crippen molar-refractivity contribution in [3.05, 3.63) is 18.2 Å². The van der Waals surface area contributed by atoms with E-state index in [0.717, 1.165) is 25.8 Å². The van der Waals surface area contributed by atoms with Gasteiger partial charge in [0.1, 0.15) is 11.5 Å². The zero-order valence-electron chi connectivity index (χ0n) is 13.4. The maximum Gasteiger partial charge on any atom is 0.322 e. The van der Waals surface area contributed by atoms with E-state index in [4.69, 9.17) is 0 Å². The number of anilines is 1. The number of nitrogens with one attached hydrogen (secondary N) is 1. The van der Waals surface area contributed by atoms with E-state index < -0.39 is 0 Å². The first-order valence-corrected chi connectivity index (χ1v) is 7.77. The second-order valence-corrected chi connectivity index (χ2v) is 8.01. The number of likely N-dealkylation sites (tertiary alicyclic amines) is 1. The zero-order valence-corrected chi connectivity index (χ0v) is 13.4. The van der Waals surface area contributed by atoms with Crippen LogP contribution >= 0.6 is 0 Å². The molecule has 5 heteroatoms. The molecule has 2 fully saturated rings. The van der Waals surface area contributed by atoms with Crippen molar-refractivity contribution in [2.75, 3.05) is 11.9 Å². The van der Waals surface area contributed by atoms with E-state index in [9.17, 15) is 15.0 Å². The molecule has 0 spiro atoms. The molecule has 2 bridgehead atoms. The smallest absolute Gasteiger partial charge is 0.322 e.